The lowest BCUT2D eigenvalue weighted by atomic mass is 9.90. The van der Waals surface area contributed by atoms with E-state index in [0.29, 0.717) is 0 Å². The number of hydrogen-bond acceptors (Lipinski definition) is 3. The Bertz CT molecular complexity index is 3700. The number of nitrogens with zero attached hydrogens (tertiary/aromatic N) is 3. The van der Waals surface area contributed by atoms with E-state index in [1.807, 2.05) is 0 Å². The molecule has 336 valence electrons. The molecule has 0 aliphatic rings. The minimum atomic E-state index is 0.908. The molecule has 0 aliphatic heterocycles. The molecule has 0 bridgehead atoms. The Morgan fingerprint density at radius 1 is 0.139 bits per heavy atom. The topological polar surface area (TPSA) is 38.7 Å². The molecule has 3 heteroatoms. The molecular formula is C69H45N3. The normalized spacial score (nSPS) is 11.3. The molecule has 0 saturated heterocycles. The summed E-state index contributed by atoms with van der Waals surface area (Å²) < 4.78 is 0. The summed E-state index contributed by atoms with van der Waals surface area (Å²) in [5.41, 5.74) is 18.2. The average molecular weight is 916 g/mol. The van der Waals surface area contributed by atoms with Gasteiger partial charge < -0.3 is 0 Å². The maximum atomic E-state index is 5.37. The third-order valence-electron chi connectivity index (χ3n) is 13.8. The highest BCUT2D eigenvalue weighted by Crippen LogP contribution is 2.40. The third kappa shape index (κ3) is 8.50. The second-order valence-electron chi connectivity index (χ2n) is 18.5. The molecule has 0 spiro atoms. The second kappa shape index (κ2) is 18.4. The first kappa shape index (κ1) is 42.5. The summed E-state index contributed by atoms with van der Waals surface area (Å²) >= 11 is 0. The molecule has 3 aromatic heterocycles. The Labute approximate surface area is 419 Å². The van der Waals surface area contributed by atoms with Crippen LogP contribution >= 0.6 is 0 Å². The minimum absolute atomic E-state index is 0.908. The highest BCUT2D eigenvalue weighted by molar-refractivity contribution is 5.93. The van der Waals surface area contributed by atoms with Crippen molar-refractivity contribution in [1.29, 1.82) is 0 Å². The van der Waals surface area contributed by atoms with Gasteiger partial charge in [-0.05, 0) is 138 Å². The van der Waals surface area contributed by atoms with Crippen molar-refractivity contribution in [2.24, 2.45) is 0 Å². The average Bonchev–Trinajstić information content (AvgIpc) is 3.47. The number of fused-ring (bicyclic) bond motifs is 3. The Hall–Kier alpha value is -9.57. The van der Waals surface area contributed by atoms with Gasteiger partial charge >= 0.3 is 0 Å². The van der Waals surface area contributed by atoms with Crippen LogP contribution in [0, 0.1) is 0 Å². The quantitative estimate of drug-likeness (QED) is 0.145. The lowest BCUT2D eigenvalue weighted by molar-refractivity contribution is 1.32. The van der Waals surface area contributed by atoms with E-state index in [0.717, 1.165) is 101 Å². The molecule has 0 amide bonds. The maximum Gasteiger partial charge on any atom is 0.0715 e. The molecule has 0 fully saturated rings. The molecule has 3 heterocycles. The number of aromatic nitrogens is 3. The van der Waals surface area contributed by atoms with Crippen molar-refractivity contribution in [3.63, 3.8) is 0 Å². The van der Waals surface area contributed by atoms with Crippen LogP contribution in [0.3, 0.4) is 0 Å². The van der Waals surface area contributed by atoms with Crippen molar-refractivity contribution < 1.29 is 0 Å². The summed E-state index contributed by atoms with van der Waals surface area (Å²) in [4.78, 5) is 16.1. The Kier molecular flexibility index (Phi) is 10.9. The van der Waals surface area contributed by atoms with Crippen LogP contribution in [0.25, 0.3) is 133 Å². The molecule has 72 heavy (non-hydrogen) atoms. The van der Waals surface area contributed by atoms with Gasteiger partial charge in [0.1, 0.15) is 0 Å². The molecule has 0 atom stereocenters. The van der Waals surface area contributed by atoms with Gasteiger partial charge in [-0.1, -0.05) is 200 Å². The van der Waals surface area contributed by atoms with Crippen LogP contribution in [0.15, 0.2) is 273 Å². The van der Waals surface area contributed by atoms with Crippen molar-refractivity contribution in [3.05, 3.63) is 273 Å². The zero-order valence-electron chi connectivity index (χ0n) is 39.3. The summed E-state index contributed by atoms with van der Waals surface area (Å²) in [6.07, 6.45) is 0. The molecule has 0 saturated carbocycles. The summed E-state index contributed by atoms with van der Waals surface area (Å²) in [7, 11) is 0. The summed E-state index contributed by atoms with van der Waals surface area (Å²) in [6.45, 7) is 0. The van der Waals surface area contributed by atoms with Crippen LogP contribution in [0.4, 0.5) is 0 Å². The number of pyridine rings is 3. The first-order chi connectivity index (χ1) is 35.6. The first-order valence-corrected chi connectivity index (χ1v) is 24.5. The van der Waals surface area contributed by atoms with Gasteiger partial charge in [-0.2, -0.15) is 0 Å². The van der Waals surface area contributed by atoms with Crippen molar-refractivity contribution in [1.82, 2.24) is 15.0 Å². The van der Waals surface area contributed by atoms with Crippen LogP contribution in [0.2, 0.25) is 0 Å². The van der Waals surface area contributed by atoms with E-state index < -0.39 is 0 Å². The molecule has 0 aliphatic carbocycles. The minimum Gasteiger partial charge on any atom is -0.248 e. The monoisotopic (exact) mass is 915 g/mol. The van der Waals surface area contributed by atoms with Gasteiger partial charge in [0.2, 0.25) is 0 Å². The van der Waals surface area contributed by atoms with Gasteiger partial charge in [0.05, 0.1) is 34.2 Å². The molecule has 10 aromatic carbocycles. The third-order valence-corrected chi connectivity index (χ3v) is 13.8. The molecule has 0 unspecified atom stereocenters. The lowest BCUT2D eigenvalue weighted by Gasteiger charge is -2.16. The van der Waals surface area contributed by atoms with E-state index in [4.69, 9.17) is 15.0 Å². The van der Waals surface area contributed by atoms with Crippen LogP contribution in [0.5, 0.6) is 0 Å². The van der Waals surface area contributed by atoms with Crippen molar-refractivity contribution in [2.75, 3.05) is 0 Å². The Morgan fingerprint density at radius 3 is 0.639 bits per heavy atom. The summed E-state index contributed by atoms with van der Waals surface area (Å²) in [5, 5.41) is 7.12. The number of rotatable bonds is 9. The standard InChI is InChI=1S/C69H45N3/c1-4-19-49(20-5-1)64-40-61(43-67(70-64)55-31-28-46-16-10-13-25-52(46)34-55)58-37-59(62-41-65(50-21-6-2-7-22-50)71-68(44-62)56-32-29-47-17-11-14-26-53(47)35-56)39-60(38-58)63-42-66(51-23-8-3-9-24-51)72-69(45-63)57-33-30-48-18-12-15-27-54(48)36-57/h1-45H. The van der Waals surface area contributed by atoms with Crippen molar-refractivity contribution >= 4 is 32.3 Å². The fraction of sp³-hybridized carbons (Fsp3) is 0. The number of benzene rings is 10. The summed E-state index contributed by atoms with van der Waals surface area (Å²) in [6, 6.07) is 97.5. The zero-order valence-corrected chi connectivity index (χ0v) is 39.3. The zero-order chi connectivity index (χ0) is 47.8. The highest BCUT2D eigenvalue weighted by Gasteiger charge is 2.17. The van der Waals surface area contributed by atoms with Gasteiger partial charge in [-0.25, -0.2) is 15.0 Å². The molecular weight excluding hydrogens is 871 g/mol. The largest absolute Gasteiger partial charge is 0.248 e. The molecule has 0 N–H and O–H groups in total. The summed E-state index contributed by atoms with van der Waals surface area (Å²) in [5.74, 6) is 0. The van der Waals surface area contributed by atoms with Crippen LogP contribution < -0.4 is 0 Å². The lowest BCUT2D eigenvalue weighted by Crippen LogP contribution is -1.95. The maximum absolute atomic E-state index is 5.37. The molecule has 13 aromatic rings. The van der Waals surface area contributed by atoms with Crippen LogP contribution in [0.1, 0.15) is 0 Å². The van der Waals surface area contributed by atoms with Gasteiger partial charge in [-0.15, -0.1) is 0 Å². The van der Waals surface area contributed by atoms with Crippen molar-refractivity contribution in [3.8, 4) is 101 Å². The van der Waals surface area contributed by atoms with Crippen LogP contribution in [-0.2, 0) is 0 Å². The Balaban J connectivity index is 1.07. The SMILES string of the molecule is c1ccc(-c2cc(-c3cc(-c4cc(-c5ccccc5)nc(-c5ccc6ccccc6c5)c4)cc(-c4cc(-c5ccccc5)nc(-c5ccc6ccccc6c5)c4)c3)cc(-c3ccc4ccccc4c3)n2)cc1. The van der Waals surface area contributed by atoms with E-state index in [-0.39, 0.29) is 0 Å². The predicted molar refractivity (Wildman–Crippen MR) is 301 cm³/mol. The predicted octanol–water partition coefficient (Wildman–Crippen LogP) is 18.3. The number of hydrogen-bond donors (Lipinski definition) is 0. The van der Waals surface area contributed by atoms with E-state index in [1.165, 1.54) is 32.3 Å². The smallest absolute Gasteiger partial charge is 0.0715 e. The fourth-order valence-corrected chi connectivity index (χ4v) is 9.98. The van der Waals surface area contributed by atoms with E-state index in [2.05, 4.69) is 273 Å². The Morgan fingerprint density at radius 2 is 0.361 bits per heavy atom. The first-order valence-electron chi connectivity index (χ1n) is 24.5. The van der Waals surface area contributed by atoms with E-state index in [9.17, 15) is 0 Å². The van der Waals surface area contributed by atoms with E-state index >= 15 is 0 Å². The fourth-order valence-electron chi connectivity index (χ4n) is 9.98. The highest BCUT2D eigenvalue weighted by atomic mass is 14.7. The molecule has 0 radical (unpaired) electrons. The second-order valence-corrected chi connectivity index (χ2v) is 18.5. The van der Waals surface area contributed by atoms with Gasteiger partial charge in [0, 0.05) is 33.4 Å². The van der Waals surface area contributed by atoms with Gasteiger partial charge in [0.25, 0.3) is 0 Å². The van der Waals surface area contributed by atoms with E-state index in [1.54, 1.807) is 0 Å². The van der Waals surface area contributed by atoms with Gasteiger partial charge in [0.15, 0.2) is 0 Å². The van der Waals surface area contributed by atoms with Gasteiger partial charge in [-0.3, -0.25) is 0 Å². The molecule has 13 rings (SSSR count). The van der Waals surface area contributed by atoms with Crippen LogP contribution in [-0.4, -0.2) is 15.0 Å². The van der Waals surface area contributed by atoms with Crippen molar-refractivity contribution in [2.45, 2.75) is 0 Å². The molecule has 3 nitrogen and oxygen atoms in total.